The Kier molecular flexibility index (Phi) is 9.41. The Morgan fingerprint density at radius 2 is 1.60 bits per heavy atom. The fraction of sp³-hybridized carbons (Fsp3) is 0.345. The second-order valence-electron chi connectivity index (χ2n) is 9.81. The lowest BCUT2D eigenvalue weighted by atomic mass is 9.93. The second kappa shape index (κ2) is 12.4. The number of hydrogen-bond donors (Lipinski definition) is 1. The summed E-state index contributed by atoms with van der Waals surface area (Å²) in [4.78, 5) is 23.9. The molecule has 0 heterocycles. The molecule has 1 N–H and O–H groups in total. The molecule has 214 valence electrons. The zero-order valence-corrected chi connectivity index (χ0v) is 24.5. The third-order valence-corrected chi connectivity index (χ3v) is 8.47. The highest BCUT2D eigenvalue weighted by Crippen LogP contribution is 2.33. The molecule has 3 aromatic carbocycles. The largest absolute Gasteiger partial charge is 0.497 e. The molecule has 3 aromatic rings. The number of anilines is 1. The second-order valence-corrected chi connectivity index (χ2v) is 11.7. The molecule has 10 nitrogen and oxygen atoms in total. The number of carbonyl (C=O) groups is 1. The zero-order chi connectivity index (χ0) is 29.8. The van der Waals surface area contributed by atoms with Crippen molar-refractivity contribution in [2.45, 2.75) is 51.5 Å². The molecule has 11 heteroatoms. The van der Waals surface area contributed by atoms with Crippen LogP contribution in [0.2, 0.25) is 0 Å². The van der Waals surface area contributed by atoms with Gasteiger partial charge in [-0.1, -0.05) is 19.9 Å². The van der Waals surface area contributed by atoms with Crippen LogP contribution in [0.5, 0.6) is 11.5 Å². The standard InChI is InChI=1S/C29H35N3O7S/c1-18(2)25-16-26(20(4)14-28(25)39-7)21(5)30-29(33)17-31(22-9-11-23(38-6)12-10-22)40(36,37)24-13-8-19(3)27(15-24)32(34)35/h8-16,18,21H,17H2,1-7H3,(H,30,33)/t21-/m1/s1. The van der Waals surface area contributed by atoms with Crippen LogP contribution in [0.1, 0.15) is 55.0 Å². The predicted octanol–water partition coefficient (Wildman–Crippen LogP) is 5.42. The van der Waals surface area contributed by atoms with Crippen molar-refractivity contribution in [1.82, 2.24) is 5.32 Å². The maximum absolute atomic E-state index is 13.8. The van der Waals surface area contributed by atoms with Crippen LogP contribution in [0.25, 0.3) is 0 Å². The number of nitro groups is 1. The predicted molar refractivity (Wildman–Crippen MR) is 154 cm³/mol. The molecule has 0 aliphatic rings. The molecule has 0 unspecified atom stereocenters. The number of nitro benzene ring substituents is 1. The Balaban J connectivity index is 1.98. The van der Waals surface area contributed by atoms with Crippen molar-refractivity contribution in [3.05, 3.63) is 87.0 Å². The van der Waals surface area contributed by atoms with Gasteiger partial charge in [0.2, 0.25) is 5.91 Å². The van der Waals surface area contributed by atoms with Crippen molar-refractivity contribution < 1.29 is 27.6 Å². The number of aryl methyl sites for hydroxylation is 2. The Morgan fingerprint density at radius 1 is 0.950 bits per heavy atom. The summed E-state index contributed by atoms with van der Waals surface area (Å²) < 4.78 is 39.2. The van der Waals surface area contributed by atoms with Gasteiger partial charge in [0.05, 0.1) is 35.8 Å². The topological polar surface area (TPSA) is 128 Å². The third-order valence-electron chi connectivity index (χ3n) is 6.70. The van der Waals surface area contributed by atoms with Crippen molar-refractivity contribution in [3.8, 4) is 11.5 Å². The van der Waals surface area contributed by atoms with E-state index < -0.39 is 33.4 Å². The Morgan fingerprint density at radius 3 is 2.15 bits per heavy atom. The van der Waals surface area contributed by atoms with Crippen LogP contribution in [-0.4, -0.2) is 40.0 Å². The van der Waals surface area contributed by atoms with E-state index in [1.165, 1.54) is 38.3 Å². The van der Waals surface area contributed by atoms with E-state index in [2.05, 4.69) is 5.32 Å². The first-order valence-electron chi connectivity index (χ1n) is 12.7. The maximum atomic E-state index is 13.8. The van der Waals surface area contributed by atoms with Gasteiger partial charge in [0.1, 0.15) is 18.0 Å². The fourth-order valence-corrected chi connectivity index (χ4v) is 5.88. The summed E-state index contributed by atoms with van der Waals surface area (Å²) in [6.07, 6.45) is 0. The first kappa shape index (κ1) is 30.4. The van der Waals surface area contributed by atoms with Crippen LogP contribution in [0.3, 0.4) is 0 Å². The number of methoxy groups -OCH3 is 2. The van der Waals surface area contributed by atoms with Crippen molar-refractivity contribution in [3.63, 3.8) is 0 Å². The molecule has 0 saturated carbocycles. The molecule has 0 fully saturated rings. The first-order chi connectivity index (χ1) is 18.8. The van der Waals surface area contributed by atoms with E-state index in [0.29, 0.717) is 11.3 Å². The molecule has 0 saturated heterocycles. The Labute approximate surface area is 235 Å². The molecule has 1 atom stereocenters. The lowest BCUT2D eigenvalue weighted by molar-refractivity contribution is -0.385. The zero-order valence-electron chi connectivity index (χ0n) is 23.7. The van der Waals surface area contributed by atoms with Crippen LogP contribution in [0.4, 0.5) is 11.4 Å². The minimum atomic E-state index is -4.37. The molecule has 0 spiro atoms. The SMILES string of the molecule is COc1ccc(N(CC(=O)N[C@H](C)c2cc(C(C)C)c(OC)cc2C)S(=O)(=O)c2ccc(C)c([N+](=O)[O-])c2)cc1. The molecule has 40 heavy (non-hydrogen) atoms. The molecule has 0 aromatic heterocycles. The average Bonchev–Trinajstić information content (AvgIpc) is 2.91. The lowest BCUT2D eigenvalue weighted by Crippen LogP contribution is -2.41. The summed E-state index contributed by atoms with van der Waals surface area (Å²) in [7, 11) is -1.27. The molecule has 0 aliphatic carbocycles. The first-order valence-corrected chi connectivity index (χ1v) is 14.1. The summed E-state index contributed by atoms with van der Waals surface area (Å²) >= 11 is 0. The highest BCUT2D eigenvalue weighted by molar-refractivity contribution is 7.92. The summed E-state index contributed by atoms with van der Waals surface area (Å²) in [6, 6.07) is 13.3. The quantitative estimate of drug-likeness (QED) is 0.241. The van der Waals surface area contributed by atoms with Crippen molar-refractivity contribution in [2.75, 3.05) is 25.1 Å². The van der Waals surface area contributed by atoms with Gasteiger partial charge in [-0.15, -0.1) is 0 Å². The lowest BCUT2D eigenvalue weighted by Gasteiger charge is -2.26. The number of hydrogen-bond acceptors (Lipinski definition) is 7. The van der Waals surface area contributed by atoms with Crippen molar-refractivity contribution >= 4 is 27.3 Å². The summed E-state index contributed by atoms with van der Waals surface area (Å²) in [6.45, 7) is 8.82. The third kappa shape index (κ3) is 6.53. The molecule has 0 bridgehead atoms. The van der Waals surface area contributed by atoms with Crippen molar-refractivity contribution in [1.29, 1.82) is 0 Å². The average molecular weight is 570 g/mol. The van der Waals surface area contributed by atoms with Gasteiger partial charge in [-0.05, 0) is 85.8 Å². The van der Waals surface area contributed by atoms with Crippen molar-refractivity contribution in [2.24, 2.45) is 0 Å². The highest BCUT2D eigenvalue weighted by Gasteiger charge is 2.30. The number of nitrogens with one attached hydrogen (secondary N) is 1. The number of nitrogens with zero attached hydrogens (tertiary/aromatic N) is 2. The summed E-state index contributed by atoms with van der Waals surface area (Å²) in [5.41, 5.74) is 2.99. The van der Waals surface area contributed by atoms with Gasteiger partial charge < -0.3 is 14.8 Å². The van der Waals surface area contributed by atoms with Crippen LogP contribution in [-0.2, 0) is 14.8 Å². The normalized spacial score (nSPS) is 12.1. The molecule has 0 aliphatic heterocycles. The van der Waals surface area contributed by atoms with Crippen LogP contribution < -0.4 is 19.1 Å². The number of carbonyl (C=O) groups excluding carboxylic acids is 1. The number of sulfonamides is 1. The van der Waals surface area contributed by atoms with Crippen LogP contribution in [0.15, 0.2) is 59.5 Å². The highest BCUT2D eigenvalue weighted by atomic mass is 32.2. The van der Waals surface area contributed by atoms with Gasteiger partial charge in [-0.25, -0.2) is 8.42 Å². The monoisotopic (exact) mass is 569 g/mol. The Hall–Kier alpha value is -4.12. The molecule has 1 amide bonds. The van der Waals surface area contributed by atoms with Gasteiger partial charge in [0, 0.05) is 11.6 Å². The van der Waals surface area contributed by atoms with E-state index in [1.54, 1.807) is 19.2 Å². The minimum absolute atomic E-state index is 0.187. The molecular weight excluding hydrogens is 534 g/mol. The van der Waals surface area contributed by atoms with Gasteiger partial charge in [0.15, 0.2) is 0 Å². The van der Waals surface area contributed by atoms with Gasteiger partial charge >= 0.3 is 0 Å². The smallest absolute Gasteiger partial charge is 0.273 e. The van der Waals surface area contributed by atoms with E-state index in [4.69, 9.17) is 9.47 Å². The summed E-state index contributed by atoms with van der Waals surface area (Å²) in [5, 5.41) is 14.4. The number of ether oxygens (including phenoxy) is 2. The van der Waals surface area contributed by atoms with E-state index in [0.717, 1.165) is 32.8 Å². The number of amides is 1. The van der Waals surface area contributed by atoms with Crippen LogP contribution >= 0.6 is 0 Å². The van der Waals surface area contributed by atoms with Crippen LogP contribution in [0, 0.1) is 24.0 Å². The van der Waals surface area contributed by atoms with E-state index in [-0.39, 0.29) is 22.2 Å². The number of rotatable bonds is 11. The van der Waals surface area contributed by atoms with Gasteiger partial charge in [-0.3, -0.25) is 19.2 Å². The molecule has 0 radical (unpaired) electrons. The Bertz CT molecular complexity index is 1500. The molecule has 3 rings (SSSR count). The maximum Gasteiger partial charge on any atom is 0.273 e. The minimum Gasteiger partial charge on any atom is -0.497 e. The van der Waals surface area contributed by atoms with Gasteiger partial charge in [-0.2, -0.15) is 0 Å². The van der Waals surface area contributed by atoms with E-state index >= 15 is 0 Å². The van der Waals surface area contributed by atoms with Gasteiger partial charge in [0.25, 0.3) is 15.7 Å². The fourth-order valence-electron chi connectivity index (χ4n) is 4.44. The summed E-state index contributed by atoms with van der Waals surface area (Å²) in [5.74, 6) is 0.904. The molecular formula is C29H35N3O7S. The number of benzene rings is 3. The van der Waals surface area contributed by atoms with E-state index in [9.17, 15) is 23.3 Å². The van der Waals surface area contributed by atoms with E-state index in [1.807, 2.05) is 39.8 Å².